The van der Waals surface area contributed by atoms with Gasteiger partial charge < -0.3 is 10.0 Å². The largest absolute Gasteiger partial charge is 0.386 e. The van der Waals surface area contributed by atoms with Crippen molar-refractivity contribution >= 4 is 17.2 Å². The molecule has 0 radical (unpaired) electrons. The minimum absolute atomic E-state index is 0.0711. The molecule has 3 rings (SSSR count). The van der Waals surface area contributed by atoms with Crippen LogP contribution >= 0.6 is 11.3 Å². The highest BCUT2D eigenvalue weighted by atomic mass is 32.1. The van der Waals surface area contributed by atoms with E-state index in [2.05, 4.69) is 29.1 Å². The molecule has 7 heteroatoms. The Morgan fingerprint density at radius 2 is 2.21 bits per heavy atom. The minimum Gasteiger partial charge on any atom is -0.386 e. The lowest BCUT2D eigenvalue weighted by Crippen LogP contribution is -2.33. The third kappa shape index (κ3) is 3.85. The first-order valence-corrected chi connectivity index (χ1v) is 8.96. The monoisotopic (exact) mass is 348 g/mol. The average Bonchev–Trinajstić information content (AvgIpc) is 3.12. The molecule has 1 atom stereocenters. The smallest absolute Gasteiger partial charge is 0.225 e. The summed E-state index contributed by atoms with van der Waals surface area (Å²) in [7, 11) is 3.38. The van der Waals surface area contributed by atoms with Crippen LogP contribution in [-0.4, -0.2) is 51.2 Å². The fourth-order valence-corrected chi connectivity index (χ4v) is 3.82. The van der Waals surface area contributed by atoms with E-state index in [-0.39, 0.29) is 12.3 Å². The number of thiophene rings is 1. The van der Waals surface area contributed by atoms with E-state index in [4.69, 9.17) is 0 Å². The van der Waals surface area contributed by atoms with Gasteiger partial charge in [-0.3, -0.25) is 14.4 Å². The Labute approximate surface area is 146 Å². The van der Waals surface area contributed by atoms with Crippen molar-refractivity contribution in [3.8, 4) is 0 Å². The topological polar surface area (TPSA) is 61.6 Å². The molecule has 130 valence electrons. The SMILES string of the molecule is Cc1ccc(CN2CCn3nc([C@H](O)CC(=O)N(C)C)cc3C2)s1. The number of hydrogen-bond donors (Lipinski definition) is 1. The van der Waals surface area contributed by atoms with Crippen molar-refractivity contribution in [1.82, 2.24) is 19.6 Å². The highest BCUT2D eigenvalue weighted by molar-refractivity contribution is 7.11. The summed E-state index contributed by atoms with van der Waals surface area (Å²) in [6.45, 7) is 5.65. The van der Waals surface area contributed by atoms with Crippen LogP contribution in [0.25, 0.3) is 0 Å². The average molecular weight is 348 g/mol. The van der Waals surface area contributed by atoms with Crippen LogP contribution in [0.3, 0.4) is 0 Å². The van der Waals surface area contributed by atoms with Gasteiger partial charge in [-0.05, 0) is 25.1 Å². The lowest BCUT2D eigenvalue weighted by Gasteiger charge is -2.26. The first-order chi connectivity index (χ1) is 11.4. The van der Waals surface area contributed by atoms with Crippen molar-refractivity contribution in [2.75, 3.05) is 20.6 Å². The quantitative estimate of drug-likeness (QED) is 0.895. The van der Waals surface area contributed by atoms with Crippen molar-refractivity contribution in [3.05, 3.63) is 39.3 Å². The van der Waals surface area contributed by atoms with Crippen LogP contribution in [0.4, 0.5) is 0 Å². The van der Waals surface area contributed by atoms with Crippen molar-refractivity contribution < 1.29 is 9.90 Å². The predicted molar refractivity (Wildman–Crippen MR) is 93.7 cm³/mol. The summed E-state index contributed by atoms with van der Waals surface area (Å²) < 4.78 is 1.95. The van der Waals surface area contributed by atoms with E-state index in [1.165, 1.54) is 14.7 Å². The lowest BCUT2D eigenvalue weighted by atomic mass is 10.1. The molecule has 6 nitrogen and oxygen atoms in total. The zero-order chi connectivity index (χ0) is 17.3. The first-order valence-electron chi connectivity index (χ1n) is 8.15. The second-order valence-corrected chi connectivity index (χ2v) is 7.89. The molecule has 1 aliphatic rings. The van der Waals surface area contributed by atoms with Crippen LogP contribution in [0, 0.1) is 6.92 Å². The van der Waals surface area contributed by atoms with Crippen molar-refractivity contribution in [1.29, 1.82) is 0 Å². The number of nitrogens with zero attached hydrogens (tertiary/aromatic N) is 4. The number of aliphatic hydroxyl groups excluding tert-OH is 1. The van der Waals surface area contributed by atoms with Crippen LogP contribution < -0.4 is 0 Å². The summed E-state index contributed by atoms with van der Waals surface area (Å²) in [5.74, 6) is -0.0943. The number of amides is 1. The Balaban J connectivity index is 1.64. The van der Waals surface area contributed by atoms with Crippen LogP contribution in [0.15, 0.2) is 18.2 Å². The Kier molecular flexibility index (Phi) is 5.03. The van der Waals surface area contributed by atoms with Crippen LogP contribution in [0.2, 0.25) is 0 Å². The van der Waals surface area contributed by atoms with Gasteiger partial charge in [0.2, 0.25) is 5.91 Å². The molecule has 2 aromatic heterocycles. The maximum absolute atomic E-state index is 11.8. The van der Waals surface area contributed by atoms with E-state index in [0.29, 0.717) is 5.69 Å². The molecule has 0 aliphatic carbocycles. The molecule has 3 heterocycles. The molecule has 0 unspecified atom stereocenters. The van der Waals surface area contributed by atoms with Gasteiger partial charge in [-0.25, -0.2) is 0 Å². The summed E-state index contributed by atoms with van der Waals surface area (Å²) >= 11 is 1.84. The fraction of sp³-hybridized carbons (Fsp3) is 0.529. The highest BCUT2D eigenvalue weighted by Gasteiger charge is 2.23. The molecule has 0 saturated heterocycles. The summed E-state index contributed by atoms with van der Waals surface area (Å²) in [4.78, 5) is 18.3. The van der Waals surface area contributed by atoms with E-state index < -0.39 is 6.10 Å². The zero-order valence-electron chi connectivity index (χ0n) is 14.4. The minimum atomic E-state index is -0.841. The Bertz CT molecular complexity index is 722. The molecule has 1 N–H and O–H groups in total. The summed E-state index contributed by atoms with van der Waals surface area (Å²) in [5.41, 5.74) is 1.69. The molecular weight excluding hydrogens is 324 g/mol. The van der Waals surface area contributed by atoms with Gasteiger partial charge in [0.05, 0.1) is 24.4 Å². The van der Waals surface area contributed by atoms with E-state index in [1.54, 1.807) is 14.1 Å². The standard InChI is InChI=1S/C17H24N4O2S/c1-12-4-5-14(24-12)11-20-6-7-21-13(10-20)8-15(18-21)16(22)9-17(23)19(2)3/h4-5,8,16,22H,6-7,9-11H2,1-3H3/t16-/m1/s1. The summed E-state index contributed by atoms with van der Waals surface area (Å²) in [5, 5.41) is 14.7. The second kappa shape index (κ2) is 7.04. The zero-order valence-corrected chi connectivity index (χ0v) is 15.2. The van der Waals surface area contributed by atoms with Gasteiger partial charge in [0, 0.05) is 43.5 Å². The number of rotatable bonds is 5. The van der Waals surface area contributed by atoms with Crippen molar-refractivity contribution in [2.24, 2.45) is 0 Å². The number of carbonyl (C=O) groups is 1. The van der Waals surface area contributed by atoms with Crippen molar-refractivity contribution in [2.45, 2.75) is 39.1 Å². The number of aliphatic hydroxyl groups is 1. The number of aryl methyl sites for hydroxylation is 1. The van der Waals surface area contributed by atoms with Gasteiger partial charge in [-0.15, -0.1) is 11.3 Å². The summed E-state index contributed by atoms with van der Waals surface area (Å²) in [6, 6.07) is 6.28. The number of aromatic nitrogens is 2. The molecule has 0 spiro atoms. The number of hydrogen-bond acceptors (Lipinski definition) is 5. The maximum Gasteiger partial charge on any atom is 0.225 e. The predicted octanol–water partition coefficient (Wildman–Crippen LogP) is 1.78. The lowest BCUT2D eigenvalue weighted by molar-refractivity contribution is -0.130. The molecule has 24 heavy (non-hydrogen) atoms. The van der Waals surface area contributed by atoms with E-state index >= 15 is 0 Å². The number of carbonyl (C=O) groups excluding carboxylic acids is 1. The molecular formula is C17H24N4O2S. The maximum atomic E-state index is 11.8. The Hall–Kier alpha value is -1.70. The Morgan fingerprint density at radius 3 is 2.88 bits per heavy atom. The van der Waals surface area contributed by atoms with Crippen LogP contribution in [0.1, 0.15) is 33.7 Å². The second-order valence-electron chi connectivity index (χ2n) is 6.51. The summed E-state index contributed by atoms with van der Waals surface area (Å²) in [6.07, 6.45) is -0.770. The fourth-order valence-electron chi connectivity index (χ4n) is 2.88. The number of fused-ring (bicyclic) bond motifs is 1. The highest BCUT2D eigenvalue weighted by Crippen LogP contribution is 2.23. The molecule has 0 bridgehead atoms. The third-order valence-electron chi connectivity index (χ3n) is 4.28. The van der Waals surface area contributed by atoms with Gasteiger partial charge in [0.25, 0.3) is 0 Å². The van der Waals surface area contributed by atoms with E-state index in [0.717, 1.165) is 31.9 Å². The van der Waals surface area contributed by atoms with Gasteiger partial charge in [-0.2, -0.15) is 5.10 Å². The molecule has 1 amide bonds. The molecule has 1 aliphatic heterocycles. The molecule has 0 fully saturated rings. The van der Waals surface area contributed by atoms with Gasteiger partial charge in [-0.1, -0.05) is 0 Å². The van der Waals surface area contributed by atoms with E-state index in [9.17, 15) is 9.90 Å². The van der Waals surface area contributed by atoms with E-state index in [1.807, 2.05) is 22.1 Å². The molecule has 2 aromatic rings. The first kappa shape index (κ1) is 17.1. The van der Waals surface area contributed by atoms with Crippen LogP contribution in [0.5, 0.6) is 0 Å². The van der Waals surface area contributed by atoms with Gasteiger partial charge in [0.1, 0.15) is 6.10 Å². The molecule has 0 aromatic carbocycles. The third-order valence-corrected chi connectivity index (χ3v) is 5.26. The van der Waals surface area contributed by atoms with Crippen LogP contribution in [-0.2, 0) is 24.4 Å². The molecule has 0 saturated carbocycles. The van der Waals surface area contributed by atoms with Crippen molar-refractivity contribution in [3.63, 3.8) is 0 Å². The van der Waals surface area contributed by atoms with Gasteiger partial charge in [0.15, 0.2) is 0 Å². The van der Waals surface area contributed by atoms with Gasteiger partial charge >= 0.3 is 0 Å². The Morgan fingerprint density at radius 1 is 1.42 bits per heavy atom. The normalized spacial score (nSPS) is 16.0.